The summed E-state index contributed by atoms with van der Waals surface area (Å²) in [5.41, 5.74) is 7.21. The highest BCUT2D eigenvalue weighted by Gasteiger charge is 2.13. The van der Waals surface area contributed by atoms with E-state index in [-0.39, 0.29) is 17.4 Å². The number of nitrogens with two attached hydrogens (primary N) is 2. The summed E-state index contributed by atoms with van der Waals surface area (Å²) in [6.07, 6.45) is 0.209. The molecule has 1 rings (SSSR count). The van der Waals surface area contributed by atoms with Gasteiger partial charge < -0.3 is 5.73 Å². The molecule has 0 fully saturated rings. The molecule has 0 bridgehead atoms. The van der Waals surface area contributed by atoms with Crippen LogP contribution in [0.3, 0.4) is 0 Å². The molecule has 4 N–H and O–H groups in total. The summed E-state index contributed by atoms with van der Waals surface area (Å²) in [7, 11) is 0. The van der Waals surface area contributed by atoms with Crippen molar-refractivity contribution >= 4 is 23.2 Å². The molecule has 0 spiro atoms. The van der Waals surface area contributed by atoms with Gasteiger partial charge in [0.05, 0.1) is 6.42 Å². The molecular weight excluding hydrogens is 210 g/mol. The fourth-order valence-electron chi connectivity index (χ4n) is 1.18. The molecule has 0 heterocycles. The van der Waals surface area contributed by atoms with Gasteiger partial charge >= 0.3 is 0 Å². The van der Waals surface area contributed by atoms with Crippen molar-refractivity contribution in [2.75, 3.05) is 0 Å². The molecule has 0 aliphatic carbocycles. The first kappa shape index (κ1) is 11.6. The summed E-state index contributed by atoms with van der Waals surface area (Å²) in [6.45, 7) is 1.93. The standard InChI is InChI=1S/C10H13N3OS/c1-7-4-2-3-5-8(7)6-9(14)13(12)10(11)15/h2-5H,6,12H2,1H3,(H2,11,15). The smallest absolute Gasteiger partial charge is 0.247 e. The Morgan fingerprint density at radius 3 is 2.60 bits per heavy atom. The van der Waals surface area contributed by atoms with Crippen molar-refractivity contribution in [3.05, 3.63) is 35.4 Å². The molecule has 0 aliphatic heterocycles. The number of hydrogen-bond donors (Lipinski definition) is 2. The van der Waals surface area contributed by atoms with Gasteiger partial charge in [0.25, 0.3) is 0 Å². The highest BCUT2D eigenvalue weighted by Crippen LogP contribution is 2.08. The first-order valence-corrected chi connectivity index (χ1v) is 4.85. The predicted octanol–water partition coefficient (Wildman–Crippen LogP) is 0.483. The SMILES string of the molecule is Cc1ccccc1CC(=O)N(N)C(N)=S. The summed E-state index contributed by atoms with van der Waals surface area (Å²) in [4.78, 5) is 11.5. The normalized spacial score (nSPS) is 9.73. The summed E-state index contributed by atoms with van der Waals surface area (Å²) in [6, 6.07) is 7.60. The van der Waals surface area contributed by atoms with Crippen LogP contribution in [-0.4, -0.2) is 16.0 Å². The van der Waals surface area contributed by atoms with Gasteiger partial charge in [0.15, 0.2) is 5.11 Å². The lowest BCUT2D eigenvalue weighted by Gasteiger charge is -2.14. The minimum absolute atomic E-state index is 0.117. The van der Waals surface area contributed by atoms with E-state index in [1.165, 1.54) is 0 Å². The topological polar surface area (TPSA) is 72.3 Å². The Kier molecular flexibility index (Phi) is 3.76. The molecule has 0 saturated carbocycles. The van der Waals surface area contributed by atoms with Gasteiger partial charge in [-0.15, -0.1) is 0 Å². The van der Waals surface area contributed by atoms with Crippen LogP contribution < -0.4 is 11.6 Å². The lowest BCUT2D eigenvalue weighted by atomic mass is 10.1. The lowest BCUT2D eigenvalue weighted by Crippen LogP contribution is -2.46. The molecule has 15 heavy (non-hydrogen) atoms. The van der Waals surface area contributed by atoms with Crippen LogP contribution in [-0.2, 0) is 11.2 Å². The zero-order chi connectivity index (χ0) is 11.4. The maximum absolute atomic E-state index is 11.5. The zero-order valence-electron chi connectivity index (χ0n) is 8.43. The molecule has 1 aromatic carbocycles. The van der Waals surface area contributed by atoms with E-state index < -0.39 is 0 Å². The van der Waals surface area contributed by atoms with E-state index in [9.17, 15) is 4.79 Å². The van der Waals surface area contributed by atoms with Crippen LogP contribution in [0.1, 0.15) is 11.1 Å². The van der Waals surface area contributed by atoms with E-state index in [1.807, 2.05) is 31.2 Å². The summed E-state index contributed by atoms with van der Waals surface area (Å²) in [5.74, 6) is 5.07. The highest BCUT2D eigenvalue weighted by molar-refractivity contribution is 7.80. The van der Waals surface area contributed by atoms with Crippen LogP contribution in [0.25, 0.3) is 0 Å². The molecule has 5 heteroatoms. The number of hydrazine groups is 1. The van der Waals surface area contributed by atoms with Gasteiger partial charge in [-0.1, -0.05) is 24.3 Å². The van der Waals surface area contributed by atoms with E-state index in [0.29, 0.717) is 0 Å². The number of nitrogens with zero attached hydrogens (tertiary/aromatic N) is 1. The summed E-state index contributed by atoms with van der Waals surface area (Å²) >= 11 is 4.60. The second-order valence-corrected chi connectivity index (χ2v) is 3.62. The third-order valence-corrected chi connectivity index (χ3v) is 2.31. The fourth-order valence-corrected chi connectivity index (χ4v) is 1.28. The van der Waals surface area contributed by atoms with E-state index in [1.54, 1.807) is 0 Å². The monoisotopic (exact) mass is 223 g/mol. The van der Waals surface area contributed by atoms with E-state index in [4.69, 9.17) is 11.6 Å². The fraction of sp³-hybridized carbons (Fsp3) is 0.200. The van der Waals surface area contributed by atoms with Crippen LogP contribution in [0.4, 0.5) is 0 Å². The van der Waals surface area contributed by atoms with Gasteiger partial charge in [-0.05, 0) is 30.3 Å². The number of aryl methyl sites for hydroxylation is 1. The number of amides is 1. The van der Waals surface area contributed by atoms with Crippen molar-refractivity contribution in [2.24, 2.45) is 11.6 Å². The number of hydrogen-bond acceptors (Lipinski definition) is 3. The molecule has 0 atom stereocenters. The van der Waals surface area contributed by atoms with Gasteiger partial charge in [0.1, 0.15) is 0 Å². The van der Waals surface area contributed by atoms with Gasteiger partial charge in [-0.25, -0.2) is 10.9 Å². The van der Waals surface area contributed by atoms with Crippen molar-refractivity contribution < 1.29 is 4.79 Å². The van der Waals surface area contributed by atoms with Gasteiger partial charge in [-0.2, -0.15) is 0 Å². The van der Waals surface area contributed by atoms with Crippen molar-refractivity contribution in [2.45, 2.75) is 13.3 Å². The summed E-state index contributed by atoms with van der Waals surface area (Å²) in [5, 5.41) is 0.676. The molecular formula is C10H13N3OS. The third-order valence-electron chi connectivity index (χ3n) is 2.11. The number of carbonyl (C=O) groups is 1. The van der Waals surface area contributed by atoms with Gasteiger partial charge in [0, 0.05) is 0 Å². The van der Waals surface area contributed by atoms with Crippen LogP contribution in [0, 0.1) is 6.92 Å². The van der Waals surface area contributed by atoms with Gasteiger partial charge in [0.2, 0.25) is 5.91 Å². The van der Waals surface area contributed by atoms with E-state index in [2.05, 4.69) is 12.2 Å². The van der Waals surface area contributed by atoms with Crippen LogP contribution >= 0.6 is 12.2 Å². The predicted molar refractivity (Wildman–Crippen MR) is 62.7 cm³/mol. The Hall–Kier alpha value is -1.46. The number of rotatable bonds is 2. The minimum Gasteiger partial charge on any atom is -0.375 e. The van der Waals surface area contributed by atoms with Crippen LogP contribution in [0.2, 0.25) is 0 Å². The lowest BCUT2D eigenvalue weighted by molar-refractivity contribution is -0.126. The molecule has 0 aliphatic rings. The summed E-state index contributed by atoms with van der Waals surface area (Å²) < 4.78 is 0. The number of thiocarbonyl (C=S) groups is 1. The maximum Gasteiger partial charge on any atom is 0.247 e. The molecule has 80 valence electrons. The highest BCUT2D eigenvalue weighted by atomic mass is 32.1. The molecule has 4 nitrogen and oxygen atoms in total. The van der Waals surface area contributed by atoms with Crippen LogP contribution in [0.15, 0.2) is 24.3 Å². The molecule has 1 aromatic rings. The van der Waals surface area contributed by atoms with Crippen molar-refractivity contribution in [1.82, 2.24) is 5.01 Å². The Balaban J connectivity index is 2.75. The largest absolute Gasteiger partial charge is 0.375 e. The molecule has 0 unspecified atom stereocenters. The average molecular weight is 223 g/mol. The Morgan fingerprint density at radius 1 is 1.47 bits per heavy atom. The average Bonchev–Trinajstić information content (AvgIpc) is 2.20. The van der Waals surface area contributed by atoms with E-state index in [0.717, 1.165) is 16.1 Å². The van der Waals surface area contributed by atoms with Crippen molar-refractivity contribution in [3.63, 3.8) is 0 Å². The molecule has 0 aromatic heterocycles. The molecule has 0 saturated heterocycles. The molecule has 1 amide bonds. The molecule has 0 radical (unpaired) electrons. The van der Waals surface area contributed by atoms with Crippen LogP contribution in [0.5, 0.6) is 0 Å². The van der Waals surface area contributed by atoms with Crippen molar-refractivity contribution in [1.29, 1.82) is 0 Å². The quantitative estimate of drug-likeness (QED) is 0.331. The Labute approximate surface area is 93.8 Å². The number of carbonyl (C=O) groups excluding carboxylic acids is 1. The second-order valence-electron chi connectivity index (χ2n) is 3.21. The maximum atomic E-state index is 11.5. The van der Waals surface area contributed by atoms with E-state index >= 15 is 0 Å². The van der Waals surface area contributed by atoms with Gasteiger partial charge in [-0.3, -0.25) is 4.79 Å². The minimum atomic E-state index is -0.309. The Bertz CT molecular complexity index is 392. The zero-order valence-corrected chi connectivity index (χ0v) is 9.25. The van der Waals surface area contributed by atoms with Crippen molar-refractivity contribution in [3.8, 4) is 0 Å². The first-order valence-electron chi connectivity index (χ1n) is 4.44. The number of benzene rings is 1. The third kappa shape index (κ3) is 3.00. The first-order chi connectivity index (χ1) is 7.02. The second kappa shape index (κ2) is 4.86. The Morgan fingerprint density at radius 2 is 2.07 bits per heavy atom.